The third kappa shape index (κ3) is 5.04. The summed E-state index contributed by atoms with van der Waals surface area (Å²) in [4.78, 5) is 35.1. The highest BCUT2D eigenvalue weighted by Crippen LogP contribution is 2.32. The summed E-state index contributed by atoms with van der Waals surface area (Å²) in [6.07, 6.45) is 1.23. The first-order valence-electron chi connectivity index (χ1n) is 8.98. The van der Waals surface area contributed by atoms with Gasteiger partial charge >= 0.3 is 17.8 Å². The smallest absolute Gasteiger partial charge is 0.339 e. The molecule has 0 spiro atoms. The summed E-state index contributed by atoms with van der Waals surface area (Å²) in [7, 11) is 0. The minimum atomic E-state index is -1.15. The van der Waals surface area contributed by atoms with Crippen molar-refractivity contribution in [1.29, 1.82) is 0 Å². The number of carbonyl (C=O) groups is 3. The molecule has 2 amide bonds. The van der Waals surface area contributed by atoms with Crippen LogP contribution in [0.4, 0.5) is 0 Å². The molecule has 0 aromatic heterocycles. The van der Waals surface area contributed by atoms with Crippen molar-refractivity contribution in [2.45, 2.75) is 13.5 Å². The Morgan fingerprint density at radius 3 is 2.70 bits per heavy atom. The topological polar surface area (TPSA) is 136 Å². The summed E-state index contributed by atoms with van der Waals surface area (Å²) in [6, 6.07) is 9.60. The van der Waals surface area contributed by atoms with Crippen LogP contribution in [-0.2, 0) is 16.1 Å². The van der Waals surface area contributed by atoms with Gasteiger partial charge in [0.05, 0.1) is 12.8 Å². The highest BCUT2D eigenvalue weighted by Gasteiger charge is 2.16. The lowest BCUT2D eigenvalue weighted by molar-refractivity contribution is -0.139. The molecule has 2 aromatic carbocycles. The van der Waals surface area contributed by atoms with E-state index < -0.39 is 17.8 Å². The zero-order chi connectivity index (χ0) is 21.5. The molecule has 0 fully saturated rings. The molecule has 0 atom stereocenters. The zero-order valence-electron chi connectivity index (χ0n) is 16.0. The minimum Gasteiger partial charge on any atom is -0.493 e. The molecule has 1 aliphatic heterocycles. The normalized spacial score (nSPS) is 11.9. The van der Waals surface area contributed by atoms with Gasteiger partial charge in [0.25, 0.3) is 0 Å². The summed E-state index contributed by atoms with van der Waals surface area (Å²) >= 11 is 0. The molecule has 1 heterocycles. The Bertz CT molecular complexity index is 1000. The number of amides is 2. The Hall–Kier alpha value is -4.08. The van der Waals surface area contributed by atoms with E-state index in [-0.39, 0.29) is 24.7 Å². The number of rotatable bonds is 7. The largest absolute Gasteiger partial charge is 0.493 e. The fraction of sp³-hybridized carbons (Fsp3) is 0.200. The molecule has 3 N–H and O–H groups in total. The van der Waals surface area contributed by atoms with Crippen LogP contribution in [0.3, 0.4) is 0 Å². The van der Waals surface area contributed by atoms with Crippen molar-refractivity contribution in [2.24, 2.45) is 5.10 Å². The van der Waals surface area contributed by atoms with Gasteiger partial charge in [-0.3, -0.25) is 9.59 Å². The highest BCUT2D eigenvalue weighted by molar-refractivity contribution is 6.35. The number of fused-ring (bicyclic) bond motifs is 1. The van der Waals surface area contributed by atoms with Crippen LogP contribution in [0.1, 0.15) is 28.4 Å². The van der Waals surface area contributed by atoms with Gasteiger partial charge in [0.1, 0.15) is 11.3 Å². The van der Waals surface area contributed by atoms with Gasteiger partial charge < -0.3 is 24.6 Å². The van der Waals surface area contributed by atoms with E-state index in [1.807, 2.05) is 0 Å². The first-order valence-corrected chi connectivity index (χ1v) is 8.98. The number of nitrogens with zero attached hydrogens (tertiary/aromatic N) is 1. The van der Waals surface area contributed by atoms with Crippen molar-refractivity contribution in [3.05, 3.63) is 53.1 Å². The van der Waals surface area contributed by atoms with Gasteiger partial charge in [-0.2, -0.15) is 5.10 Å². The molecule has 0 radical (unpaired) electrons. The molecule has 0 aliphatic carbocycles. The van der Waals surface area contributed by atoms with Crippen LogP contribution in [0.15, 0.2) is 41.5 Å². The summed E-state index contributed by atoms with van der Waals surface area (Å²) in [5.41, 5.74) is 3.21. The molecule has 2 aromatic rings. The van der Waals surface area contributed by atoms with Gasteiger partial charge in [-0.15, -0.1) is 0 Å². The number of ether oxygens (including phenoxy) is 3. The minimum absolute atomic E-state index is 0.0337. The molecule has 0 bridgehead atoms. The third-order valence-electron chi connectivity index (χ3n) is 4.01. The number of aromatic carboxylic acids is 1. The Morgan fingerprint density at radius 2 is 1.93 bits per heavy atom. The Labute approximate surface area is 171 Å². The summed E-state index contributed by atoms with van der Waals surface area (Å²) in [5.74, 6) is -1.56. The predicted molar refractivity (Wildman–Crippen MR) is 105 cm³/mol. The SMILES string of the molecule is CCOc1ccc(/C=N\NC(=O)C(=O)NCc2ccc3c(c2)OCO3)cc1C(=O)O. The molecular formula is C20H19N3O7. The summed E-state index contributed by atoms with van der Waals surface area (Å²) < 4.78 is 15.7. The van der Waals surface area contributed by atoms with Crippen LogP contribution >= 0.6 is 0 Å². The van der Waals surface area contributed by atoms with Crippen LogP contribution in [0.2, 0.25) is 0 Å². The third-order valence-corrected chi connectivity index (χ3v) is 4.01. The van der Waals surface area contributed by atoms with E-state index >= 15 is 0 Å². The Balaban J connectivity index is 1.53. The molecule has 0 saturated heterocycles. The maximum Gasteiger partial charge on any atom is 0.339 e. The van der Waals surface area contributed by atoms with Crippen molar-refractivity contribution in [3.63, 3.8) is 0 Å². The lowest BCUT2D eigenvalue weighted by atomic mass is 10.1. The molecule has 10 heteroatoms. The first-order chi connectivity index (χ1) is 14.5. The van der Waals surface area contributed by atoms with Crippen LogP contribution in [-0.4, -0.2) is 42.5 Å². The number of hydrogen-bond donors (Lipinski definition) is 3. The van der Waals surface area contributed by atoms with Crippen molar-refractivity contribution in [2.75, 3.05) is 13.4 Å². The van der Waals surface area contributed by atoms with E-state index in [4.69, 9.17) is 14.2 Å². The van der Waals surface area contributed by atoms with Gasteiger partial charge in [0.15, 0.2) is 11.5 Å². The zero-order valence-corrected chi connectivity index (χ0v) is 16.0. The lowest BCUT2D eigenvalue weighted by Crippen LogP contribution is -2.37. The maximum absolute atomic E-state index is 11.9. The van der Waals surface area contributed by atoms with E-state index in [0.717, 1.165) is 5.56 Å². The van der Waals surface area contributed by atoms with Gasteiger partial charge in [-0.25, -0.2) is 10.2 Å². The fourth-order valence-electron chi connectivity index (χ4n) is 2.61. The monoisotopic (exact) mass is 413 g/mol. The maximum atomic E-state index is 11.9. The average Bonchev–Trinajstić information content (AvgIpc) is 3.20. The number of hydrazone groups is 1. The second-order valence-corrected chi connectivity index (χ2v) is 6.06. The number of hydrogen-bond acceptors (Lipinski definition) is 7. The average molecular weight is 413 g/mol. The Kier molecular flexibility index (Phi) is 6.48. The highest BCUT2D eigenvalue weighted by atomic mass is 16.7. The van der Waals surface area contributed by atoms with Crippen molar-refractivity contribution in [3.8, 4) is 17.2 Å². The Morgan fingerprint density at radius 1 is 1.13 bits per heavy atom. The van der Waals surface area contributed by atoms with E-state index in [0.29, 0.717) is 23.7 Å². The standard InChI is InChI=1S/C20H19N3O7/c1-2-28-15-5-3-12(7-14(15)20(26)27)10-22-23-19(25)18(24)21-9-13-4-6-16-17(8-13)30-11-29-16/h3-8,10H,2,9,11H2,1H3,(H,21,24)(H,23,25)(H,26,27)/b22-10-. The first kappa shape index (κ1) is 20.6. The van der Waals surface area contributed by atoms with E-state index in [1.165, 1.54) is 18.3 Å². The van der Waals surface area contributed by atoms with Crippen LogP contribution in [0.25, 0.3) is 0 Å². The van der Waals surface area contributed by atoms with Crippen LogP contribution < -0.4 is 25.0 Å². The molecule has 1 aliphatic rings. The molecular weight excluding hydrogens is 394 g/mol. The van der Waals surface area contributed by atoms with Gasteiger partial charge in [0.2, 0.25) is 6.79 Å². The number of nitrogens with one attached hydrogen (secondary N) is 2. The second kappa shape index (κ2) is 9.41. The van der Waals surface area contributed by atoms with Crippen molar-refractivity contribution >= 4 is 24.0 Å². The number of benzene rings is 2. The fourth-order valence-corrected chi connectivity index (χ4v) is 2.61. The number of carboxylic acid groups (broad SMARTS) is 1. The number of carboxylic acids is 1. The van der Waals surface area contributed by atoms with Gasteiger partial charge in [0, 0.05) is 6.54 Å². The molecule has 10 nitrogen and oxygen atoms in total. The van der Waals surface area contributed by atoms with E-state index in [1.54, 1.807) is 31.2 Å². The predicted octanol–water partition coefficient (Wildman–Crippen LogP) is 1.28. The van der Waals surface area contributed by atoms with Crippen LogP contribution in [0, 0.1) is 0 Å². The summed E-state index contributed by atoms with van der Waals surface area (Å²) in [5, 5.41) is 15.4. The quantitative estimate of drug-likeness (QED) is 0.353. The van der Waals surface area contributed by atoms with Crippen LogP contribution in [0.5, 0.6) is 17.2 Å². The molecule has 3 rings (SSSR count). The lowest BCUT2D eigenvalue weighted by Gasteiger charge is -2.07. The van der Waals surface area contributed by atoms with Gasteiger partial charge in [-0.05, 0) is 48.4 Å². The van der Waals surface area contributed by atoms with Crippen molar-refractivity contribution < 1.29 is 33.7 Å². The van der Waals surface area contributed by atoms with E-state index in [2.05, 4.69) is 15.8 Å². The van der Waals surface area contributed by atoms with Gasteiger partial charge in [-0.1, -0.05) is 6.07 Å². The van der Waals surface area contributed by atoms with Crippen molar-refractivity contribution in [1.82, 2.24) is 10.7 Å². The number of carbonyl (C=O) groups excluding carboxylic acids is 2. The summed E-state index contributed by atoms with van der Waals surface area (Å²) in [6.45, 7) is 2.33. The molecule has 30 heavy (non-hydrogen) atoms. The molecule has 156 valence electrons. The van der Waals surface area contributed by atoms with E-state index in [9.17, 15) is 19.5 Å². The second-order valence-electron chi connectivity index (χ2n) is 6.06. The molecule has 0 saturated carbocycles. The molecule has 0 unspecified atom stereocenters.